The molecule has 1 aromatic heterocycles. The van der Waals surface area contributed by atoms with E-state index in [-0.39, 0.29) is 5.97 Å². The van der Waals surface area contributed by atoms with E-state index in [1.165, 1.54) is 37.1 Å². The Bertz CT molecular complexity index is 364. The van der Waals surface area contributed by atoms with Crippen LogP contribution >= 0.6 is 11.3 Å². The van der Waals surface area contributed by atoms with Crippen molar-refractivity contribution in [3.63, 3.8) is 0 Å². The summed E-state index contributed by atoms with van der Waals surface area (Å²) in [4.78, 5) is 14.8. The van der Waals surface area contributed by atoms with Crippen molar-refractivity contribution in [2.24, 2.45) is 0 Å². The van der Waals surface area contributed by atoms with Crippen LogP contribution in [0.25, 0.3) is 0 Å². The van der Waals surface area contributed by atoms with Gasteiger partial charge >= 0.3 is 5.97 Å². The predicted octanol–water partition coefficient (Wildman–Crippen LogP) is 3.17. The molecule has 100 valence electrons. The van der Waals surface area contributed by atoms with Gasteiger partial charge in [0.25, 0.3) is 0 Å². The number of hydrogen-bond acceptors (Lipinski definition) is 4. The van der Waals surface area contributed by atoms with E-state index in [0.717, 1.165) is 13.0 Å². The van der Waals surface area contributed by atoms with Crippen molar-refractivity contribution in [2.45, 2.75) is 38.6 Å². The van der Waals surface area contributed by atoms with Gasteiger partial charge < -0.3 is 9.64 Å². The molecule has 1 aliphatic heterocycles. The maximum Gasteiger partial charge on any atom is 0.348 e. The van der Waals surface area contributed by atoms with Gasteiger partial charge in [-0.25, -0.2) is 4.79 Å². The van der Waals surface area contributed by atoms with Crippen LogP contribution in [-0.4, -0.2) is 36.6 Å². The van der Waals surface area contributed by atoms with Gasteiger partial charge in [-0.2, -0.15) is 0 Å². The van der Waals surface area contributed by atoms with Crippen LogP contribution in [0.2, 0.25) is 0 Å². The molecule has 3 nitrogen and oxygen atoms in total. The summed E-state index contributed by atoms with van der Waals surface area (Å²) in [5, 5.41) is 1.89. The van der Waals surface area contributed by atoms with Crippen molar-refractivity contribution in [2.75, 3.05) is 19.7 Å². The first-order valence-electron chi connectivity index (χ1n) is 6.72. The van der Waals surface area contributed by atoms with Gasteiger partial charge in [0, 0.05) is 12.6 Å². The monoisotopic (exact) mass is 267 g/mol. The molecule has 1 fully saturated rings. The van der Waals surface area contributed by atoms with Crippen LogP contribution in [0.5, 0.6) is 0 Å². The molecule has 0 saturated carbocycles. The van der Waals surface area contributed by atoms with E-state index in [2.05, 4.69) is 11.8 Å². The van der Waals surface area contributed by atoms with Crippen molar-refractivity contribution in [3.05, 3.63) is 22.4 Å². The van der Waals surface area contributed by atoms with E-state index in [0.29, 0.717) is 17.5 Å². The quantitative estimate of drug-likeness (QED) is 0.606. The number of ether oxygens (including phenoxy) is 1. The first kappa shape index (κ1) is 13.6. The van der Waals surface area contributed by atoms with E-state index in [1.807, 2.05) is 11.4 Å². The summed E-state index contributed by atoms with van der Waals surface area (Å²) in [6.45, 7) is 5.05. The third-order valence-corrected chi connectivity index (χ3v) is 4.34. The maximum atomic E-state index is 11.6. The second-order valence-corrected chi connectivity index (χ2v) is 5.80. The topological polar surface area (TPSA) is 29.5 Å². The summed E-state index contributed by atoms with van der Waals surface area (Å²) in [7, 11) is 0. The molecule has 18 heavy (non-hydrogen) atoms. The molecule has 0 bridgehead atoms. The number of thiophene rings is 1. The summed E-state index contributed by atoms with van der Waals surface area (Å²) in [6, 6.07) is 4.36. The van der Waals surface area contributed by atoms with Crippen LogP contribution in [0.1, 0.15) is 42.3 Å². The molecule has 0 amide bonds. The second kappa shape index (κ2) is 6.90. The normalized spacial score (nSPS) is 20.8. The highest BCUT2D eigenvalue weighted by Gasteiger charge is 2.17. The number of piperidine rings is 1. The zero-order chi connectivity index (χ0) is 12.8. The van der Waals surface area contributed by atoms with E-state index >= 15 is 0 Å². The molecule has 2 heterocycles. The Morgan fingerprint density at radius 3 is 3.17 bits per heavy atom. The smallest absolute Gasteiger partial charge is 0.348 e. The zero-order valence-corrected chi connectivity index (χ0v) is 11.7. The molecule has 4 heteroatoms. The number of hydrogen-bond donors (Lipinski definition) is 0. The zero-order valence-electron chi connectivity index (χ0n) is 10.9. The van der Waals surface area contributed by atoms with Crippen molar-refractivity contribution in [1.29, 1.82) is 0 Å². The number of esters is 1. The number of rotatable bonds is 5. The summed E-state index contributed by atoms with van der Waals surface area (Å²) < 4.78 is 5.26. The lowest BCUT2D eigenvalue weighted by Crippen LogP contribution is -2.38. The molecule has 0 unspecified atom stereocenters. The number of likely N-dealkylation sites (tertiary alicyclic amines) is 1. The van der Waals surface area contributed by atoms with Gasteiger partial charge in [-0.1, -0.05) is 12.5 Å². The van der Waals surface area contributed by atoms with Crippen molar-refractivity contribution in [3.8, 4) is 0 Å². The van der Waals surface area contributed by atoms with E-state index in [1.54, 1.807) is 6.07 Å². The Morgan fingerprint density at radius 1 is 1.56 bits per heavy atom. The van der Waals surface area contributed by atoms with Gasteiger partial charge in [-0.05, 0) is 44.2 Å². The summed E-state index contributed by atoms with van der Waals surface area (Å²) >= 11 is 1.43. The summed E-state index contributed by atoms with van der Waals surface area (Å²) in [6.07, 6.45) is 4.89. The molecule has 1 saturated heterocycles. The third-order valence-electron chi connectivity index (χ3n) is 3.49. The molecule has 2 rings (SSSR count). The van der Waals surface area contributed by atoms with Gasteiger partial charge in [0.05, 0.1) is 6.61 Å². The van der Waals surface area contributed by atoms with Crippen LogP contribution < -0.4 is 0 Å². The average molecular weight is 267 g/mol. The lowest BCUT2D eigenvalue weighted by atomic mass is 10.0. The maximum absolute atomic E-state index is 11.6. The Kier molecular flexibility index (Phi) is 5.20. The second-order valence-electron chi connectivity index (χ2n) is 4.85. The highest BCUT2D eigenvalue weighted by molar-refractivity contribution is 7.11. The Hall–Kier alpha value is -0.870. The van der Waals surface area contributed by atoms with Gasteiger partial charge in [0.15, 0.2) is 0 Å². The predicted molar refractivity (Wildman–Crippen MR) is 74.1 cm³/mol. The highest BCUT2D eigenvalue weighted by Crippen LogP contribution is 2.16. The Labute approximate surface area is 113 Å². The summed E-state index contributed by atoms with van der Waals surface area (Å²) in [5.41, 5.74) is 0. The van der Waals surface area contributed by atoms with Gasteiger partial charge in [0.1, 0.15) is 4.88 Å². The van der Waals surface area contributed by atoms with Crippen LogP contribution in [0.3, 0.4) is 0 Å². The Balaban J connectivity index is 1.62. The number of carbonyl (C=O) groups excluding carboxylic acids is 1. The average Bonchev–Trinajstić information content (AvgIpc) is 2.90. The fourth-order valence-electron chi connectivity index (χ4n) is 2.39. The van der Waals surface area contributed by atoms with Gasteiger partial charge in [-0.3, -0.25) is 0 Å². The molecule has 0 aliphatic carbocycles. The minimum Gasteiger partial charge on any atom is -0.461 e. The SMILES string of the molecule is C[C@@H]1CCCCN1CCCOC(=O)c1cccs1. The molecule has 0 aromatic carbocycles. The molecule has 1 atom stereocenters. The molecular formula is C14H21NO2S. The highest BCUT2D eigenvalue weighted by atomic mass is 32.1. The molecule has 0 spiro atoms. The van der Waals surface area contributed by atoms with E-state index in [4.69, 9.17) is 4.74 Å². The van der Waals surface area contributed by atoms with Crippen LogP contribution in [0.4, 0.5) is 0 Å². The molecular weight excluding hydrogens is 246 g/mol. The minimum atomic E-state index is -0.184. The number of carbonyl (C=O) groups is 1. The Morgan fingerprint density at radius 2 is 2.44 bits per heavy atom. The van der Waals surface area contributed by atoms with E-state index in [9.17, 15) is 4.79 Å². The fourth-order valence-corrected chi connectivity index (χ4v) is 3.00. The van der Waals surface area contributed by atoms with Crippen molar-refractivity contribution in [1.82, 2.24) is 4.90 Å². The van der Waals surface area contributed by atoms with Gasteiger partial charge in [0.2, 0.25) is 0 Å². The molecule has 1 aromatic rings. The first-order chi connectivity index (χ1) is 8.77. The van der Waals surface area contributed by atoms with Crippen molar-refractivity contribution < 1.29 is 9.53 Å². The molecule has 1 aliphatic rings. The van der Waals surface area contributed by atoms with Crippen LogP contribution in [0, 0.1) is 0 Å². The lowest BCUT2D eigenvalue weighted by Gasteiger charge is -2.33. The van der Waals surface area contributed by atoms with Crippen molar-refractivity contribution >= 4 is 17.3 Å². The number of nitrogens with zero attached hydrogens (tertiary/aromatic N) is 1. The van der Waals surface area contributed by atoms with Gasteiger partial charge in [-0.15, -0.1) is 11.3 Å². The lowest BCUT2D eigenvalue weighted by molar-refractivity contribution is 0.0481. The fraction of sp³-hybridized carbons (Fsp3) is 0.643. The third kappa shape index (κ3) is 3.82. The minimum absolute atomic E-state index is 0.184. The standard InChI is InChI=1S/C14H21NO2S/c1-12-6-2-3-8-15(12)9-5-10-17-14(16)13-7-4-11-18-13/h4,7,11-12H,2-3,5-6,8-10H2,1H3/t12-/m1/s1. The largest absolute Gasteiger partial charge is 0.461 e. The molecule has 0 radical (unpaired) electrons. The molecule has 0 N–H and O–H groups in total. The first-order valence-corrected chi connectivity index (χ1v) is 7.60. The van der Waals surface area contributed by atoms with Crippen LogP contribution in [0.15, 0.2) is 17.5 Å². The summed E-state index contributed by atoms with van der Waals surface area (Å²) in [5.74, 6) is -0.184. The van der Waals surface area contributed by atoms with Crippen LogP contribution in [-0.2, 0) is 4.74 Å². The van der Waals surface area contributed by atoms with E-state index < -0.39 is 0 Å².